The van der Waals surface area contributed by atoms with Gasteiger partial charge in [0.25, 0.3) is 0 Å². The molecule has 0 atom stereocenters. The van der Waals surface area contributed by atoms with Crippen LogP contribution in [0.15, 0.2) is 11.8 Å². The summed E-state index contributed by atoms with van der Waals surface area (Å²) in [6.07, 6.45) is 9.01. The molecule has 0 bridgehead atoms. The number of rotatable bonds is 10. The molecule has 0 heterocycles. The molecule has 0 unspecified atom stereocenters. The zero-order valence-electron chi connectivity index (χ0n) is 13.6. The first-order valence-corrected chi connectivity index (χ1v) is 7.73. The predicted octanol–water partition coefficient (Wildman–Crippen LogP) is 3.46. The quantitative estimate of drug-likeness (QED) is 0.367. The minimum absolute atomic E-state index is 0.0470. The smallest absolute Gasteiger partial charge is 0.249 e. The molecule has 0 saturated heterocycles. The Morgan fingerprint density at radius 1 is 1.05 bits per heavy atom. The molecule has 112 valence electrons. The fourth-order valence-corrected chi connectivity index (χ4v) is 1.91. The van der Waals surface area contributed by atoms with Crippen LogP contribution < -0.4 is 5.32 Å². The number of carbonyl (C=O) groups is 1. The van der Waals surface area contributed by atoms with Crippen LogP contribution in [0.25, 0.3) is 0 Å². The fraction of sp³-hybridized carbons (Fsp3) is 0.812. The van der Waals surface area contributed by atoms with Crippen molar-refractivity contribution in [3.05, 3.63) is 11.8 Å². The number of hydrogen-bond donors (Lipinski definition) is 1. The van der Waals surface area contributed by atoms with E-state index in [1.165, 1.54) is 25.7 Å². The van der Waals surface area contributed by atoms with E-state index < -0.39 is 0 Å². The van der Waals surface area contributed by atoms with E-state index >= 15 is 0 Å². The molecule has 0 spiro atoms. The molecule has 0 fully saturated rings. The van der Waals surface area contributed by atoms with E-state index in [0.717, 1.165) is 36.1 Å². The third-order valence-corrected chi connectivity index (χ3v) is 3.70. The van der Waals surface area contributed by atoms with Gasteiger partial charge in [0.05, 0.1) is 26.7 Å². The van der Waals surface area contributed by atoms with Gasteiger partial charge in [-0.1, -0.05) is 33.1 Å². The molecular formula is C16H33N2O+. The number of nitrogens with one attached hydrogen (secondary N) is 1. The molecule has 0 aliphatic carbocycles. The van der Waals surface area contributed by atoms with Gasteiger partial charge in [-0.2, -0.15) is 0 Å². The average Bonchev–Trinajstić information content (AvgIpc) is 2.35. The van der Waals surface area contributed by atoms with Gasteiger partial charge in [-0.25, -0.2) is 0 Å². The van der Waals surface area contributed by atoms with Gasteiger partial charge < -0.3 is 5.32 Å². The molecule has 1 amide bonds. The van der Waals surface area contributed by atoms with Gasteiger partial charge in [-0.05, 0) is 19.3 Å². The van der Waals surface area contributed by atoms with Crippen molar-refractivity contribution in [1.82, 2.24) is 5.32 Å². The highest BCUT2D eigenvalue weighted by molar-refractivity contribution is 5.87. The molecule has 0 saturated carbocycles. The van der Waals surface area contributed by atoms with Gasteiger partial charge in [-0.3, -0.25) is 9.28 Å². The molecule has 0 aromatic carbocycles. The van der Waals surface area contributed by atoms with Crippen molar-refractivity contribution in [2.24, 2.45) is 0 Å². The maximum atomic E-state index is 11.8. The van der Waals surface area contributed by atoms with Gasteiger partial charge in [-0.15, -0.1) is 0 Å². The molecule has 0 aliphatic heterocycles. The highest BCUT2D eigenvalue weighted by Gasteiger charge is 2.18. The maximum Gasteiger partial charge on any atom is 0.249 e. The molecule has 0 aliphatic rings. The number of amides is 1. The Morgan fingerprint density at radius 3 is 2.26 bits per heavy atom. The molecule has 0 aromatic heterocycles. The lowest BCUT2D eigenvalue weighted by atomic mass is 10.2. The van der Waals surface area contributed by atoms with Crippen LogP contribution in [0.1, 0.15) is 59.3 Å². The van der Waals surface area contributed by atoms with Gasteiger partial charge >= 0.3 is 0 Å². The summed E-state index contributed by atoms with van der Waals surface area (Å²) < 4.78 is 0.810. The first-order valence-electron chi connectivity index (χ1n) is 7.73. The van der Waals surface area contributed by atoms with Crippen LogP contribution in [-0.2, 0) is 4.79 Å². The summed E-state index contributed by atoms with van der Waals surface area (Å²) in [7, 11) is 4.36. The summed E-state index contributed by atoms with van der Waals surface area (Å²) in [6.45, 7) is 8.29. The second kappa shape index (κ2) is 10.0. The first-order chi connectivity index (χ1) is 8.94. The van der Waals surface area contributed by atoms with Gasteiger partial charge in [0.15, 0.2) is 0 Å². The SMILES string of the molecule is CCCCCC[N+](C)(C)/C(C)=C/C(=O)NCCCC. The van der Waals surface area contributed by atoms with Crippen LogP contribution >= 0.6 is 0 Å². The van der Waals surface area contributed by atoms with Crippen LogP contribution in [0.4, 0.5) is 0 Å². The van der Waals surface area contributed by atoms with Crippen molar-refractivity contribution >= 4 is 5.91 Å². The maximum absolute atomic E-state index is 11.8. The number of hydrogen-bond acceptors (Lipinski definition) is 1. The number of quaternary nitrogens is 1. The molecule has 3 heteroatoms. The Kier molecular flexibility index (Phi) is 9.58. The highest BCUT2D eigenvalue weighted by Crippen LogP contribution is 2.13. The lowest BCUT2D eigenvalue weighted by molar-refractivity contribution is -0.852. The normalized spacial score (nSPS) is 12.6. The standard InChI is InChI=1S/C16H32N2O/c1-6-8-10-11-13-18(4,5)15(3)14-16(19)17-12-9-7-2/h14H,6-13H2,1-5H3/p+1/b15-14+. The number of unbranched alkanes of at least 4 members (excludes halogenated alkanes) is 4. The van der Waals surface area contributed by atoms with Crippen molar-refractivity contribution in [2.45, 2.75) is 59.3 Å². The summed E-state index contributed by atoms with van der Waals surface area (Å²) in [5, 5.41) is 2.94. The van der Waals surface area contributed by atoms with E-state index in [4.69, 9.17) is 0 Å². The molecule has 3 nitrogen and oxygen atoms in total. The minimum Gasteiger partial charge on any atom is -0.352 e. The van der Waals surface area contributed by atoms with E-state index in [1.807, 2.05) is 0 Å². The third-order valence-electron chi connectivity index (χ3n) is 3.70. The lowest BCUT2D eigenvalue weighted by Gasteiger charge is -2.30. The molecule has 0 rings (SSSR count). The largest absolute Gasteiger partial charge is 0.352 e. The van der Waals surface area contributed by atoms with E-state index in [1.54, 1.807) is 6.08 Å². The second-order valence-electron chi connectivity index (χ2n) is 5.90. The monoisotopic (exact) mass is 269 g/mol. The zero-order valence-corrected chi connectivity index (χ0v) is 13.6. The summed E-state index contributed by atoms with van der Waals surface area (Å²) in [6, 6.07) is 0. The summed E-state index contributed by atoms with van der Waals surface area (Å²) in [4.78, 5) is 11.8. The third kappa shape index (κ3) is 8.82. The molecular weight excluding hydrogens is 236 g/mol. The van der Waals surface area contributed by atoms with Crippen molar-refractivity contribution < 1.29 is 9.28 Å². The average molecular weight is 269 g/mol. The van der Waals surface area contributed by atoms with E-state index in [9.17, 15) is 4.79 Å². The van der Waals surface area contributed by atoms with Crippen LogP contribution in [0.5, 0.6) is 0 Å². The Bertz CT molecular complexity index is 282. The first kappa shape index (κ1) is 18.2. The van der Waals surface area contributed by atoms with Crippen molar-refractivity contribution in [3.63, 3.8) is 0 Å². The molecule has 1 N–H and O–H groups in total. The summed E-state index contributed by atoms with van der Waals surface area (Å²) >= 11 is 0. The van der Waals surface area contributed by atoms with Gasteiger partial charge in [0, 0.05) is 13.5 Å². The zero-order chi connectivity index (χ0) is 14.7. The van der Waals surface area contributed by atoms with E-state index in [-0.39, 0.29) is 5.91 Å². The number of nitrogens with zero attached hydrogens (tertiary/aromatic N) is 1. The van der Waals surface area contributed by atoms with Gasteiger partial charge in [0.2, 0.25) is 5.91 Å². The lowest BCUT2D eigenvalue weighted by Crippen LogP contribution is -2.39. The van der Waals surface area contributed by atoms with Crippen molar-refractivity contribution in [3.8, 4) is 0 Å². The van der Waals surface area contributed by atoms with Crippen LogP contribution in [0, 0.1) is 0 Å². The van der Waals surface area contributed by atoms with Crippen LogP contribution in [-0.4, -0.2) is 37.6 Å². The topological polar surface area (TPSA) is 29.1 Å². The van der Waals surface area contributed by atoms with E-state index in [2.05, 4.69) is 40.2 Å². The second-order valence-corrected chi connectivity index (χ2v) is 5.90. The predicted molar refractivity (Wildman–Crippen MR) is 82.8 cm³/mol. The summed E-state index contributed by atoms with van der Waals surface area (Å²) in [5.41, 5.74) is 1.13. The van der Waals surface area contributed by atoms with Crippen molar-refractivity contribution in [1.29, 1.82) is 0 Å². The Hall–Kier alpha value is -0.830. The molecule has 0 radical (unpaired) electrons. The van der Waals surface area contributed by atoms with Crippen LogP contribution in [0.2, 0.25) is 0 Å². The van der Waals surface area contributed by atoms with Gasteiger partial charge in [0.1, 0.15) is 5.70 Å². The Balaban J connectivity index is 4.18. The Morgan fingerprint density at radius 2 is 1.68 bits per heavy atom. The summed E-state index contributed by atoms with van der Waals surface area (Å²) in [5.74, 6) is 0.0470. The van der Waals surface area contributed by atoms with Crippen LogP contribution in [0.3, 0.4) is 0 Å². The Labute approximate surface area is 119 Å². The van der Waals surface area contributed by atoms with Crippen molar-refractivity contribution in [2.75, 3.05) is 27.2 Å². The number of allylic oxidation sites excluding steroid dienone is 1. The molecule has 0 aromatic rings. The minimum atomic E-state index is 0.0470. The van der Waals surface area contributed by atoms with E-state index in [0.29, 0.717) is 0 Å². The fourth-order valence-electron chi connectivity index (χ4n) is 1.91. The molecule has 19 heavy (non-hydrogen) atoms. The number of carbonyl (C=O) groups excluding carboxylic acids is 1. The highest BCUT2D eigenvalue weighted by atomic mass is 16.1.